The van der Waals surface area contributed by atoms with Crippen LogP contribution in [0.15, 0.2) is 158 Å². The minimum atomic E-state index is 0.820. The van der Waals surface area contributed by atoms with E-state index in [0.29, 0.717) is 0 Å². The van der Waals surface area contributed by atoms with Crippen molar-refractivity contribution in [1.29, 1.82) is 0 Å². The number of fused-ring (bicyclic) bond motifs is 2. The third-order valence-corrected chi connectivity index (χ3v) is 7.28. The van der Waals surface area contributed by atoms with Gasteiger partial charge in [-0.05, 0) is 97.4 Å². The summed E-state index contributed by atoms with van der Waals surface area (Å²) in [6.07, 6.45) is 0. The largest absolute Gasteiger partial charge is 0.457 e. The van der Waals surface area contributed by atoms with Crippen LogP contribution in [0.3, 0.4) is 0 Å². The van der Waals surface area contributed by atoms with E-state index in [9.17, 15) is 0 Å². The normalized spacial score (nSPS) is 11.1. The van der Waals surface area contributed by atoms with Crippen molar-refractivity contribution >= 4 is 21.5 Å². The number of benzene rings is 7. The van der Waals surface area contributed by atoms with Crippen LogP contribution < -0.4 is 4.74 Å². The van der Waals surface area contributed by atoms with E-state index in [1.54, 1.807) is 0 Å². The van der Waals surface area contributed by atoms with Crippen LogP contribution in [0, 0.1) is 0 Å². The molecule has 1 heteroatoms. The van der Waals surface area contributed by atoms with Crippen molar-refractivity contribution in [2.75, 3.05) is 0 Å². The molecule has 0 N–H and O–H groups in total. The lowest BCUT2D eigenvalue weighted by Crippen LogP contribution is -1.94. The zero-order valence-corrected chi connectivity index (χ0v) is 21.4. The SMILES string of the molecule is c1ccc(Oc2ccc(-c3c(-c4ccccc4)c(-c4ccccc4)cc4cc5ccccc5cc34)cc2)cc1. The van der Waals surface area contributed by atoms with Crippen LogP contribution in [-0.4, -0.2) is 0 Å². The second kappa shape index (κ2) is 9.96. The summed E-state index contributed by atoms with van der Waals surface area (Å²) in [7, 11) is 0. The van der Waals surface area contributed by atoms with Crippen molar-refractivity contribution in [1.82, 2.24) is 0 Å². The Morgan fingerprint density at radius 3 is 1.51 bits per heavy atom. The van der Waals surface area contributed by atoms with Crippen molar-refractivity contribution < 1.29 is 4.74 Å². The predicted octanol–water partition coefficient (Wildman–Crippen LogP) is 10.8. The first-order chi connectivity index (χ1) is 19.3. The summed E-state index contributed by atoms with van der Waals surface area (Å²) < 4.78 is 6.12. The summed E-state index contributed by atoms with van der Waals surface area (Å²) in [4.78, 5) is 0. The van der Waals surface area contributed by atoms with E-state index in [4.69, 9.17) is 4.74 Å². The van der Waals surface area contributed by atoms with Gasteiger partial charge in [0.25, 0.3) is 0 Å². The van der Waals surface area contributed by atoms with E-state index in [1.807, 2.05) is 30.3 Å². The Bertz CT molecular complexity index is 1890. The molecule has 184 valence electrons. The molecule has 0 atom stereocenters. The van der Waals surface area contributed by atoms with E-state index in [1.165, 1.54) is 49.4 Å². The Labute approximate surface area is 228 Å². The molecule has 0 aliphatic heterocycles. The summed E-state index contributed by atoms with van der Waals surface area (Å²) in [6.45, 7) is 0. The lowest BCUT2D eigenvalue weighted by molar-refractivity contribution is 0.483. The number of hydrogen-bond donors (Lipinski definition) is 0. The molecule has 0 saturated heterocycles. The van der Waals surface area contributed by atoms with Gasteiger partial charge in [0, 0.05) is 0 Å². The van der Waals surface area contributed by atoms with Gasteiger partial charge in [-0.2, -0.15) is 0 Å². The average molecular weight is 499 g/mol. The lowest BCUT2D eigenvalue weighted by atomic mass is 9.83. The second-order valence-electron chi connectivity index (χ2n) is 9.77. The topological polar surface area (TPSA) is 9.23 Å². The molecule has 0 aliphatic rings. The smallest absolute Gasteiger partial charge is 0.127 e. The maximum absolute atomic E-state index is 6.12. The molecule has 39 heavy (non-hydrogen) atoms. The maximum Gasteiger partial charge on any atom is 0.127 e. The van der Waals surface area contributed by atoms with Gasteiger partial charge in [0.1, 0.15) is 11.5 Å². The van der Waals surface area contributed by atoms with Crippen molar-refractivity contribution in [2.24, 2.45) is 0 Å². The second-order valence-corrected chi connectivity index (χ2v) is 9.77. The molecule has 0 bridgehead atoms. The van der Waals surface area contributed by atoms with Crippen LogP contribution in [0.2, 0.25) is 0 Å². The summed E-state index contributed by atoms with van der Waals surface area (Å²) in [5, 5.41) is 4.95. The minimum Gasteiger partial charge on any atom is -0.457 e. The molecule has 7 aromatic rings. The van der Waals surface area contributed by atoms with Crippen molar-refractivity contribution in [3.8, 4) is 44.9 Å². The molecule has 0 aromatic heterocycles. The Morgan fingerprint density at radius 1 is 0.333 bits per heavy atom. The molecular formula is C38H26O. The molecule has 0 aliphatic carbocycles. The van der Waals surface area contributed by atoms with Crippen molar-refractivity contribution in [3.05, 3.63) is 158 Å². The molecule has 7 rings (SSSR count). The van der Waals surface area contributed by atoms with E-state index >= 15 is 0 Å². The van der Waals surface area contributed by atoms with Crippen LogP contribution in [0.1, 0.15) is 0 Å². The number of rotatable bonds is 5. The van der Waals surface area contributed by atoms with Gasteiger partial charge in [0.05, 0.1) is 0 Å². The van der Waals surface area contributed by atoms with Gasteiger partial charge in [-0.1, -0.05) is 115 Å². The van der Waals surface area contributed by atoms with Gasteiger partial charge >= 0.3 is 0 Å². The molecule has 0 unspecified atom stereocenters. The standard InChI is InChI=1S/C38H26O/c1-4-12-27(13-5-1)35-26-32-24-30-16-10-11-17-31(30)25-36(32)38(37(35)28-14-6-2-7-15-28)29-20-22-34(23-21-29)39-33-18-8-3-9-19-33/h1-26H. The Kier molecular flexibility index (Phi) is 5.88. The van der Waals surface area contributed by atoms with Crippen LogP contribution in [-0.2, 0) is 0 Å². The number of para-hydroxylation sites is 1. The molecule has 0 fully saturated rings. The summed E-state index contributed by atoms with van der Waals surface area (Å²) in [5.74, 6) is 1.65. The molecule has 1 nitrogen and oxygen atoms in total. The number of ether oxygens (including phenoxy) is 1. The third-order valence-electron chi connectivity index (χ3n) is 7.28. The van der Waals surface area contributed by atoms with E-state index < -0.39 is 0 Å². The molecule has 0 amide bonds. The van der Waals surface area contributed by atoms with Crippen LogP contribution in [0.5, 0.6) is 11.5 Å². The predicted molar refractivity (Wildman–Crippen MR) is 164 cm³/mol. The van der Waals surface area contributed by atoms with Crippen molar-refractivity contribution in [2.45, 2.75) is 0 Å². The summed E-state index contributed by atoms with van der Waals surface area (Å²) in [6, 6.07) is 55.5. The third kappa shape index (κ3) is 4.45. The monoisotopic (exact) mass is 498 g/mol. The summed E-state index contributed by atoms with van der Waals surface area (Å²) >= 11 is 0. The number of hydrogen-bond acceptors (Lipinski definition) is 1. The highest BCUT2D eigenvalue weighted by molar-refractivity contribution is 6.13. The van der Waals surface area contributed by atoms with Gasteiger partial charge in [0.15, 0.2) is 0 Å². The average Bonchev–Trinajstić information content (AvgIpc) is 3.01. The molecule has 0 spiro atoms. The molecule has 0 saturated carbocycles. The Balaban J connectivity index is 1.52. The minimum absolute atomic E-state index is 0.820. The van der Waals surface area contributed by atoms with Gasteiger partial charge in [-0.15, -0.1) is 0 Å². The zero-order chi connectivity index (χ0) is 26.0. The highest BCUT2D eigenvalue weighted by Crippen LogP contribution is 2.46. The van der Waals surface area contributed by atoms with Gasteiger partial charge in [-0.3, -0.25) is 0 Å². The molecule has 7 aromatic carbocycles. The first kappa shape index (κ1) is 23.0. The first-order valence-electron chi connectivity index (χ1n) is 13.3. The zero-order valence-electron chi connectivity index (χ0n) is 21.4. The fourth-order valence-electron chi connectivity index (χ4n) is 5.45. The molecule has 0 heterocycles. The Hall–Kier alpha value is -5.14. The first-order valence-corrected chi connectivity index (χ1v) is 13.3. The lowest BCUT2D eigenvalue weighted by Gasteiger charge is -2.20. The molecular weight excluding hydrogens is 472 g/mol. The van der Waals surface area contributed by atoms with Gasteiger partial charge in [-0.25, -0.2) is 0 Å². The quantitative estimate of drug-likeness (QED) is 0.214. The van der Waals surface area contributed by atoms with Gasteiger partial charge in [0.2, 0.25) is 0 Å². The van der Waals surface area contributed by atoms with Crippen LogP contribution in [0.4, 0.5) is 0 Å². The fourth-order valence-corrected chi connectivity index (χ4v) is 5.45. The van der Waals surface area contributed by atoms with Crippen LogP contribution >= 0.6 is 0 Å². The van der Waals surface area contributed by atoms with E-state index in [0.717, 1.165) is 17.1 Å². The Morgan fingerprint density at radius 2 is 0.846 bits per heavy atom. The van der Waals surface area contributed by atoms with Crippen LogP contribution in [0.25, 0.3) is 54.9 Å². The van der Waals surface area contributed by atoms with Crippen molar-refractivity contribution in [3.63, 3.8) is 0 Å². The summed E-state index contributed by atoms with van der Waals surface area (Å²) in [5.41, 5.74) is 7.26. The molecule has 0 radical (unpaired) electrons. The maximum atomic E-state index is 6.12. The van der Waals surface area contributed by atoms with Gasteiger partial charge < -0.3 is 4.74 Å². The fraction of sp³-hybridized carbons (Fsp3) is 0. The van der Waals surface area contributed by atoms with E-state index in [-0.39, 0.29) is 0 Å². The highest BCUT2D eigenvalue weighted by Gasteiger charge is 2.19. The highest BCUT2D eigenvalue weighted by atomic mass is 16.5. The van der Waals surface area contributed by atoms with E-state index in [2.05, 4.69) is 127 Å².